The van der Waals surface area contributed by atoms with Crippen molar-refractivity contribution in [3.8, 4) is 0 Å². The number of benzene rings is 1. The first-order chi connectivity index (χ1) is 14.5. The summed E-state index contributed by atoms with van der Waals surface area (Å²) in [4.78, 5) is 52.2. The van der Waals surface area contributed by atoms with Gasteiger partial charge in [-0.2, -0.15) is 0 Å². The van der Waals surface area contributed by atoms with Gasteiger partial charge in [0.1, 0.15) is 6.54 Å². The topological polar surface area (TPSA) is 177 Å². The summed E-state index contributed by atoms with van der Waals surface area (Å²) in [5.41, 5.74) is -0.746. The molecule has 3 aromatic rings. The number of carbonyl (C=O) groups is 2. The second kappa shape index (κ2) is 8.16. The highest BCUT2D eigenvalue weighted by Gasteiger charge is 2.17. The lowest BCUT2D eigenvalue weighted by molar-refractivity contribution is -0.147. The van der Waals surface area contributed by atoms with Gasteiger partial charge in [-0.05, 0) is 24.3 Å². The number of aromatic nitrogens is 4. The third-order valence-corrected chi connectivity index (χ3v) is 5.28. The second-order valence-corrected chi connectivity index (χ2v) is 8.09. The van der Waals surface area contributed by atoms with Gasteiger partial charge < -0.3 is 14.6 Å². The van der Waals surface area contributed by atoms with Crippen LogP contribution in [0.2, 0.25) is 0 Å². The van der Waals surface area contributed by atoms with Crippen LogP contribution in [-0.2, 0) is 45.0 Å². The number of anilines is 1. The lowest BCUT2D eigenvalue weighted by Crippen LogP contribution is -2.37. The summed E-state index contributed by atoms with van der Waals surface area (Å²) in [7, 11) is -1.10. The Kier molecular flexibility index (Phi) is 5.77. The maximum absolute atomic E-state index is 12.3. The highest BCUT2D eigenvalue weighted by Crippen LogP contribution is 2.12. The zero-order chi connectivity index (χ0) is 22.9. The number of carbonyl (C=O) groups excluding carboxylic acids is 2. The summed E-state index contributed by atoms with van der Waals surface area (Å²) in [5, 5.41) is 7.43. The van der Waals surface area contributed by atoms with Crippen LogP contribution in [0.5, 0.6) is 0 Å². The van der Waals surface area contributed by atoms with Gasteiger partial charge in [-0.3, -0.25) is 23.5 Å². The molecule has 2 heterocycles. The van der Waals surface area contributed by atoms with Crippen LogP contribution < -0.4 is 21.7 Å². The number of rotatable bonds is 6. The summed E-state index contributed by atoms with van der Waals surface area (Å²) in [6, 6.07) is 5.10. The van der Waals surface area contributed by atoms with Gasteiger partial charge >= 0.3 is 11.7 Å². The molecule has 0 fully saturated rings. The van der Waals surface area contributed by atoms with E-state index in [2.05, 4.69) is 10.3 Å². The Labute approximate surface area is 174 Å². The molecule has 0 aliphatic carbocycles. The Balaban J connectivity index is 1.64. The van der Waals surface area contributed by atoms with E-state index in [1.165, 1.54) is 53.8 Å². The standard InChI is InChI=1S/C17H18N6O7S/c1-21-15-14(16(26)22(2)17(21)27)23(9-19-15)7-13(25)30-8-12(24)20-10-3-5-11(6-4-10)31(18,28)29/h3-6,9H,7-8H2,1-2H3,(H,20,24)(H2,18,28,29). The van der Waals surface area contributed by atoms with Crippen molar-refractivity contribution >= 4 is 38.8 Å². The number of nitrogens with zero attached hydrogens (tertiary/aromatic N) is 4. The van der Waals surface area contributed by atoms with Crippen molar-refractivity contribution in [1.29, 1.82) is 0 Å². The fourth-order valence-corrected chi connectivity index (χ4v) is 3.29. The molecule has 3 rings (SSSR count). The van der Waals surface area contributed by atoms with Crippen LogP contribution in [0.4, 0.5) is 5.69 Å². The van der Waals surface area contributed by atoms with Crippen molar-refractivity contribution in [3.63, 3.8) is 0 Å². The molecule has 0 saturated heterocycles. The third kappa shape index (κ3) is 4.54. The number of sulfonamides is 1. The summed E-state index contributed by atoms with van der Waals surface area (Å²) in [6.07, 6.45) is 1.22. The molecule has 0 bridgehead atoms. The van der Waals surface area contributed by atoms with E-state index in [0.717, 1.165) is 4.57 Å². The highest BCUT2D eigenvalue weighted by molar-refractivity contribution is 7.89. The van der Waals surface area contributed by atoms with Crippen molar-refractivity contribution < 1.29 is 22.7 Å². The molecule has 2 aromatic heterocycles. The Morgan fingerprint density at radius 1 is 1.13 bits per heavy atom. The van der Waals surface area contributed by atoms with Crippen molar-refractivity contribution in [2.75, 3.05) is 11.9 Å². The average Bonchev–Trinajstić information content (AvgIpc) is 3.12. The van der Waals surface area contributed by atoms with Crippen LogP contribution in [0.25, 0.3) is 11.2 Å². The maximum atomic E-state index is 12.3. The summed E-state index contributed by atoms with van der Waals surface area (Å²) < 4.78 is 30.6. The van der Waals surface area contributed by atoms with Gasteiger partial charge in [0.2, 0.25) is 10.0 Å². The van der Waals surface area contributed by atoms with Gasteiger partial charge in [0, 0.05) is 19.8 Å². The molecule has 0 aliphatic heterocycles. The molecule has 0 radical (unpaired) electrons. The predicted molar refractivity (Wildman–Crippen MR) is 108 cm³/mol. The predicted octanol–water partition coefficient (Wildman–Crippen LogP) is -1.74. The number of ether oxygens (including phenoxy) is 1. The van der Waals surface area contributed by atoms with E-state index in [-0.39, 0.29) is 21.7 Å². The Morgan fingerprint density at radius 2 is 1.77 bits per heavy atom. The molecule has 0 spiro atoms. The first kappa shape index (κ1) is 21.9. The fraction of sp³-hybridized carbons (Fsp3) is 0.235. The van der Waals surface area contributed by atoms with E-state index in [1.807, 2.05) is 0 Å². The van der Waals surface area contributed by atoms with Crippen LogP contribution >= 0.6 is 0 Å². The summed E-state index contributed by atoms with van der Waals surface area (Å²) in [6.45, 7) is -1.01. The summed E-state index contributed by atoms with van der Waals surface area (Å²) in [5.74, 6) is -1.47. The van der Waals surface area contributed by atoms with E-state index in [9.17, 15) is 27.6 Å². The van der Waals surface area contributed by atoms with Gasteiger partial charge in [0.15, 0.2) is 17.8 Å². The number of imidazole rings is 1. The van der Waals surface area contributed by atoms with Crippen molar-refractivity contribution in [2.24, 2.45) is 19.2 Å². The van der Waals surface area contributed by atoms with Crippen LogP contribution in [0.15, 0.2) is 45.1 Å². The molecule has 13 nitrogen and oxygen atoms in total. The van der Waals surface area contributed by atoms with E-state index < -0.39 is 46.3 Å². The largest absolute Gasteiger partial charge is 0.454 e. The van der Waals surface area contributed by atoms with E-state index >= 15 is 0 Å². The number of hydrogen-bond acceptors (Lipinski definition) is 8. The van der Waals surface area contributed by atoms with Gasteiger partial charge in [0.05, 0.1) is 11.2 Å². The first-order valence-corrected chi connectivity index (χ1v) is 10.2. The summed E-state index contributed by atoms with van der Waals surface area (Å²) >= 11 is 0. The SMILES string of the molecule is Cn1c(=O)c2c(ncn2CC(=O)OCC(=O)Nc2ccc(S(N)(=O)=O)cc2)n(C)c1=O. The first-order valence-electron chi connectivity index (χ1n) is 8.68. The monoisotopic (exact) mass is 450 g/mol. The molecule has 31 heavy (non-hydrogen) atoms. The zero-order valence-electron chi connectivity index (χ0n) is 16.4. The number of amides is 1. The number of primary sulfonamides is 1. The molecule has 164 valence electrons. The molecule has 14 heteroatoms. The third-order valence-electron chi connectivity index (χ3n) is 4.35. The minimum absolute atomic E-state index is 0.0425. The van der Waals surface area contributed by atoms with E-state index in [0.29, 0.717) is 0 Å². The zero-order valence-corrected chi connectivity index (χ0v) is 17.2. The number of aryl methyl sites for hydroxylation is 1. The molecular formula is C17H18N6O7S. The number of fused-ring (bicyclic) bond motifs is 1. The number of nitrogens with two attached hydrogens (primary N) is 1. The average molecular weight is 450 g/mol. The van der Waals surface area contributed by atoms with Gasteiger partial charge in [-0.15, -0.1) is 0 Å². The molecular weight excluding hydrogens is 432 g/mol. The smallest absolute Gasteiger partial charge is 0.332 e. The fourth-order valence-electron chi connectivity index (χ4n) is 2.77. The lowest BCUT2D eigenvalue weighted by atomic mass is 10.3. The van der Waals surface area contributed by atoms with Gasteiger partial charge in [-0.1, -0.05) is 0 Å². The minimum atomic E-state index is -3.85. The number of esters is 1. The molecule has 3 N–H and O–H groups in total. The normalized spacial score (nSPS) is 11.5. The molecule has 0 unspecified atom stereocenters. The lowest BCUT2D eigenvalue weighted by Gasteiger charge is -2.08. The van der Waals surface area contributed by atoms with E-state index in [1.54, 1.807) is 0 Å². The molecule has 0 aliphatic rings. The van der Waals surface area contributed by atoms with E-state index in [4.69, 9.17) is 9.88 Å². The molecule has 0 atom stereocenters. The Hall–Kier alpha value is -3.78. The quantitative estimate of drug-likeness (QED) is 0.416. The second-order valence-electron chi connectivity index (χ2n) is 6.53. The Morgan fingerprint density at radius 3 is 2.39 bits per heavy atom. The molecule has 1 amide bonds. The molecule has 1 aromatic carbocycles. The van der Waals surface area contributed by atoms with Gasteiger partial charge in [-0.25, -0.2) is 23.3 Å². The van der Waals surface area contributed by atoms with Crippen molar-refractivity contribution in [2.45, 2.75) is 11.4 Å². The number of hydrogen-bond donors (Lipinski definition) is 2. The van der Waals surface area contributed by atoms with Crippen LogP contribution in [0, 0.1) is 0 Å². The van der Waals surface area contributed by atoms with Crippen LogP contribution in [0.1, 0.15) is 0 Å². The maximum Gasteiger partial charge on any atom is 0.332 e. The minimum Gasteiger partial charge on any atom is -0.454 e. The highest BCUT2D eigenvalue weighted by atomic mass is 32.2. The Bertz CT molecular complexity index is 1400. The van der Waals surface area contributed by atoms with Crippen molar-refractivity contribution in [1.82, 2.24) is 18.7 Å². The molecule has 0 saturated carbocycles. The van der Waals surface area contributed by atoms with Gasteiger partial charge in [0.25, 0.3) is 11.5 Å². The van der Waals surface area contributed by atoms with Crippen LogP contribution in [-0.4, -0.2) is 45.6 Å². The number of nitrogens with one attached hydrogen (secondary N) is 1. The van der Waals surface area contributed by atoms with Crippen molar-refractivity contribution in [3.05, 3.63) is 51.4 Å². The van der Waals surface area contributed by atoms with Crippen LogP contribution in [0.3, 0.4) is 0 Å².